The summed E-state index contributed by atoms with van der Waals surface area (Å²) in [4.78, 5) is 12.3. The maximum absolute atomic E-state index is 12.3. The van der Waals surface area contributed by atoms with Gasteiger partial charge in [-0.1, -0.05) is 41.9 Å². The zero-order valence-electron chi connectivity index (χ0n) is 10.9. The van der Waals surface area contributed by atoms with E-state index in [1.165, 1.54) is 0 Å². The summed E-state index contributed by atoms with van der Waals surface area (Å²) < 4.78 is 0. The van der Waals surface area contributed by atoms with Gasteiger partial charge >= 0.3 is 0 Å². The SMILES string of the molecule is Nc1cc(C(=O)NC2(c3ccccc3)CC2)ccc1Cl. The van der Waals surface area contributed by atoms with Gasteiger partial charge < -0.3 is 11.1 Å². The van der Waals surface area contributed by atoms with E-state index in [0.717, 1.165) is 18.4 Å². The second-order valence-electron chi connectivity index (χ2n) is 5.14. The summed E-state index contributed by atoms with van der Waals surface area (Å²) in [5.41, 5.74) is 7.63. The molecule has 3 rings (SSSR count). The van der Waals surface area contributed by atoms with Crippen molar-refractivity contribution in [3.05, 3.63) is 64.7 Å². The molecule has 0 aromatic heterocycles. The highest BCUT2D eigenvalue weighted by atomic mass is 35.5. The predicted molar refractivity (Wildman–Crippen MR) is 80.7 cm³/mol. The molecule has 0 radical (unpaired) electrons. The molecule has 0 atom stereocenters. The number of carbonyl (C=O) groups excluding carboxylic acids is 1. The van der Waals surface area contributed by atoms with E-state index in [4.69, 9.17) is 17.3 Å². The quantitative estimate of drug-likeness (QED) is 0.850. The fourth-order valence-corrected chi connectivity index (χ4v) is 2.46. The van der Waals surface area contributed by atoms with Crippen molar-refractivity contribution in [2.45, 2.75) is 18.4 Å². The normalized spacial score (nSPS) is 15.7. The molecule has 1 aliphatic carbocycles. The van der Waals surface area contributed by atoms with Gasteiger partial charge in [0.2, 0.25) is 0 Å². The molecule has 1 aliphatic rings. The summed E-state index contributed by atoms with van der Waals surface area (Å²) in [5.74, 6) is -0.116. The van der Waals surface area contributed by atoms with E-state index in [2.05, 4.69) is 5.32 Å². The molecule has 1 amide bonds. The Labute approximate surface area is 122 Å². The van der Waals surface area contributed by atoms with Crippen LogP contribution in [0.25, 0.3) is 0 Å². The Morgan fingerprint density at radius 1 is 1.15 bits per heavy atom. The van der Waals surface area contributed by atoms with E-state index in [9.17, 15) is 4.79 Å². The molecule has 1 fully saturated rings. The van der Waals surface area contributed by atoms with Crippen molar-refractivity contribution in [1.29, 1.82) is 0 Å². The van der Waals surface area contributed by atoms with E-state index >= 15 is 0 Å². The van der Waals surface area contributed by atoms with Crippen molar-refractivity contribution in [3.8, 4) is 0 Å². The zero-order chi connectivity index (χ0) is 14.2. The molecule has 0 heterocycles. The molecule has 3 N–H and O–H groups in total. The summed E-state index contributed by atoms with van der Waals surface area (Å²) in [6, 6.07) is 15.0. The summed E-state index contributed by atoms with van der Waals surface area (Å²) in [6.45, 7) is 0. The van der Waals surface area contributed by atoms with E-state index in [1.807, 2.05) is 30.3 Å². The predicted octanol–water partition coefficient (Wildman–Crippen LogP) is 3.34. The Morgan fingerprint density at radius 3 is 2.45 bits per heavy atom. The van der Waals surface area contributed by atoms with Gasteiger partial charge in [-0.3, -0.25) is 4.79 Å². The van der Waals surface area contributed by atoms with Crippen LogP contribution in [0, 0.1) is 0 Å². The molecule has 102 valence electrons. The zero-order valence-corrected chi connectivity index (χ0v) is 11.7. The first kappa shape index (κ1) is 13.0. The number of nitrogens with one attached hydrogen (secondary N) is 1. The van der Waals surface area contributed by atoms with Crippen LogP contribution in [0.15, 0.2) is 48.5 Å². The Bertz CT molecular complexity index is 651. The molecule has 0 saturated heterocycles. The number of amides is 1. The van der Waals surface area contributed by atoms with E-state index in [-0.39, 0.29) is 11.4 Å². The summed E-state index contributed by atoms with van der Waals surface area (Å²) in [5, 5.41) is 3.57. The number of anilines is 1. The van der Waals surface area contributed by atoms with Crippen LogP contribution in [-0.4, -0.2) is 5.91 Å². The molecule has 0 bridgehead atoms. The van der Waals surface area contributed by atoms with Crippen LogP contribution >= 0.6 is 11.6 Å². The molecular formula is C16H15ClN2O. The van der Waals surface area contributed by atoms with E-state index in [0.29, 0.717) is 16.3 Å². The largest absolute Gasteiger partial charge is 0.398 e. The molecule has 2 aromatic rings. The minimum atomic E-state index is -0.216. The number of hydrogen-bond acceptors (Lipinski definition) is 2. The first-order valence-corrected chi connectivity index (χ1v) is 6.92. The van der Waals surface area contributed by atoms with Gasteiger partial charge in [-0.05, 0) is 36.6 Å². The average molecular weight is 287 g/mol. The van der Waals surface area contributed by atoms with Crippen LogP contribution in [0.1, 0.15) is 28.8 Å². The lowest BCUT2D eigenvalue weighted by Crippen LogP contribution is -2.34. The molecule has 0 unspecified atom stereocenters. The maximum Gasteiger partial charge on any atom is 0.252 e. The minimum absolute atomic E-state index is 0.116. The Kier molecular flexibility index (Phi) is 3.14. The number of carbonyl (C=O) groups is 1. The number of rotatable bonds is 3. The lowest BCUT2D eigenvalue weighted by molar-refractivity contribution is 0.0931. The van der Waals surface area contributed by atoms with Gasteiger partial charge in [-0.15, -0.1) is 0 Å². The molecule has 2 aromatic carbocycles. The van der Waals surface area contributed by atoms with Crippen LogP contribution in [0.3, 0.4) is 0 Å². The standard InChI is InChI=1S/C16H15ClN2O/c17-13-7-6-11(10-14(13)18)15(20)19-16(8-9-16)12-4-2-1-3-5-12/h1-7,10H,8-9,18H2,(H,19,20). The third-order valence-electron chi connectivity index (χ3n) is 3.69. The lowest BCUT2D eigenvalue weighted by atomic mass is 10.0. The second-order valence-corrected chi connectivity index (χ2v) is 5.55. The van der Waals surface area contributed by atoms with Crippen molar-refractivity contribution in [2.24, 2.45) is 0 Å². The second kappa shape index (κ2) is 4.84. The van der Waals surface area contributed by atoms with Crippen molar-refractivity contribution >= 4 is 23.2 Å². The fourth-order valence-electron chi connectivity index (χ4n) is 2.34. The highest BCUT2D eigenvalue weighted by Crippen LogP contribution is 2.45. The summed E-state index contributed by atoms with van der Waals surface area (Å²) >= 11 is 5.87. The minimum Gasteiger partial charge on any atom is -0.398 e. The van der Waals surface area contributed by atoms with Crippen LogP contribution in [0.4, 0.5) is 5.69 Å². The van der Waals surface area contributed by atoms with Gasteiger partial charge in [-0.25, -0.2) is 0 Å². The molecule has 20 heavy (non-hydrogen) atoms. The number of nitrogen functional groups attached to an aromatic ring is 1. The highest BCUT2D eigenvalue weighted by Gasteiger charge is 2.45. The van der Waals surface area contributed by atoms with Crippen LogP contribution in [0.2, 0.25) is 5.02 Å². The fraction of sp³-hybridized carbons (Fsp3) is 0.188. The van der Waals surface area contributed by atoms with Gasteiger partial charge in [0.15, 0.2) is 0 Å². The van der Waals surface area contributed by atoms with E-state index in [1.54, 1.807) is 18.2 Å². The van der Waals surface area contributed by atoms with E-state index < -0.39 is 0 Å². The monoisotopic (exact) mass is 286 g/mol. The summed E-state index contributed by atoms with van der Waals surface area (Å²) in [6.07, 6.45) is 1.93. The van der Waals surface area contributed by atoms with Crippen LogP contribution in [-0.2, 0) is 5.54 Å². The first-order valence-electron chi connectivity index (χ1n) is 6.54. The maximum atomic E-state index is 12.3. The highest BCUT2D eigenvalue weighted by molar-refractivity contribution is 6.33. The molecule has 0 aliphatic heterocycles. The Morgan fingerprint density at radius 2 is 1.85 bits per heavy atom. The first-order chi connectivity index (χ1) is 9.61. The number of benzene rings is 2. The van der Waals surface area contributed by atoms with Gasteiger partial charge in [0.05, 0.1) is 16.2 Å². The lowest BCUT2D eigenvalue weighted by Gasteiger charge is -2.18. The number of hydrogen-bond donors (Lipinski definition) is 2. The van der Waals surface area contributed by atoms with Crippen molar-refractivity contribution in [3.63, 3.8) is 0 Å². The molecular weight excluding hydrogens is 272 g/mol. The van der Waals surface area contributed by atoms with Crippen molar-refractivity contribution in [2.75, 3.05) is 5.73 Å². The number of nitrogens with two attached hydrogens (primary N) is 1. The third-order valence-corrected chi connectivity index (χ3v) is 4.03. The van der Waals surface area contributed by atoms with Gasteiger partial charge in [0.1, 0.15) is 0 Å². The topological polar surface area (TPSA) is 55.1 Å². The smallest absolute Gasteiger partial charge is 0.252 e. The molecule has 1 saturated carbocycles. The summed E-state index contributed by atoms with van der Waals surface area (Å²) in [7, 11) is 0. The molecule has 0 spiro atoms. The molecule has 3 nitrogen and oxygen atoms in total. The van der Waals surface area contributed by atoms with Crippen LogP contribution in [0.5, 0.6) is 0 Å². The van der Waals surface area contributed by atoms with Crippen molar-refractivity contribution < 1.29 is 4.79 Å². The third kappa shape index (κ3) is 2.37. The van der Waals surface area contributed by atoms with Gasteiger partial charge in [0.25, 0.3) is 5.91 Å². The Hall–Kier alpha value is -2.00. The molecule has 4 heteroatoms. The Balaban J connectivity index is 1.81. The van der Waals surface area contributed by atoms with Gasteiger partial charge in [-0.2, -0.15) is 0 Å². The average Bonchev–Trinajstić information content (AvgIpc) is 3.23. The van der Waals surface area contributed by atoms with Crippen molar-refractivity contribution in [1.82, 2.24) is 5.32 Å². The van der Waals surface area contributed by atoms with Crippen LogP contribution < -0.4 is 11.1 Å². The number of halogens is 1. The van der Waals surface area contributed by atoms with Gasteiger partial charge in [0, 0.05) is 5.56 Å².